The zero-order chi connectivity index (χ0) is 13.5. The van der Waals surface area contributed by atoms with Crippen molar-refractivity contribution in [2.75, 3.05) is 13.2 Å². The van der Waals surface area contributed by atoms with E-state index in [1.807, 2.05) is 13.8 Å². The van der Waals surface area contributed by atoms with Crippen molar-refractivity contribution in [1.82, 2.24) is 10.2 Å². The standard InChI is InChI=1S/C14H28N2O2/c1-4-11(2)15-14(18)12(3)16(9-10-17)13-7-5-6-8-13/h11-13,17H,4-10H2,1-3H3,(H,15,18). The second kappa shape index (κ2) is 7.74. The fourth-order valence-electron chi connectivity index (χ4n) is 2.66. The summed E-state index contributed by atoms with van der Waals surface area (Å²) in [7, 11) is 0. The Bertz CT molecular complexity index is 252. The van der Waals surface area contributed by atoms with Gasteiger partial charge < -0.3 is 10.4 Å². The Hall–Kier alpha value is -0.610. The largest absolute Gasteiger partial charge is 0.395 e. The fraction of sp³-hybridized carbons (Fsp3) is 0.929. The summed E-state index contributed by atoms with van der Waals surface area (Å²) in [5.74, 6) is 0.0877. The van der Waals surface area contributed by atoms with Gasteiger partial charge in [-0.2, -0.15) is 0 Å². The Morgan fingerprint density at radius 3 is 2.50 bits per heavy atom. The van der Waals surface area contributed by atoms with E-state index in [-0.39, 0.29) is 24.6 Å². The van der Waals surface area contributed by atoms with Crippen molar-refractivity contribution in [1.29, 1.82) is 0 Å². The van der Waals surface area contributed by atoms with Crippen LogP contribution in [0.4, 0.5) is 0 Å². The van der Waals surface area contributed by atoms with E-state index in [2.05, 4.69) is 17.1 Å². The molecule has 0 heterocycles. The predicted molar refractivity (Wildman–Crippen MR) is 73.4 cm³/mol. The molecule has 0 radical (unpaired) electrons. The SMILES string of the molecule is CCC(C)NC(=O)C(C)N(CCO)C1CCCC1. The number of aliphatic hydroxyl groups is 1. The van der Waals surface area contributed by atoms with Gasteiger partial charge in [-0.1, -0.05) is 19.8 Å². The van der Waals surface area contributed by atoms with Gasteiger partial charge in [0.15, 0.2) is 0 Å². The van der Waals surface area contributed by atoms with Crippen LogP contribution in [-0.2, 0) is 4.79 Å². The zero-order valence-electron chi connectivity index (χ0n) is 12.0. The molecule has 1 rings (SSSR count). The van der Waals surface area contributed by atoms with Crippen molar-refractivity contribution in [2.45, 2.75) is 71.0 Å². The summed E-state index contributed by atoms with van der Waals surface area (Å²) in [6, 6.07) is 0.545. The van der Waals surface area contributed by atoms with Crippen molar-refractivity contribution >= 4 is 5.91 Å². The molecule has 2 atom stereocenters. The highest BCUT2D eigenvalue weighted by Gasteiger charge is 2.29. The lowest BCUT2D eigenvalue weighted by atomic mass is 10.1. The smallest absolute Gasteiger partial charge is 0.237 e. The summed E-state index contributed by atoms with van der Waals surface area (Å²) in [5, 5.41) is 12.2. The molecule has 1 saturated carbocycles. The maximum absolute atomic E-state index is 12.2. The molecule has 0 saturated heterocycles. The lowest BCUT2D eigenvalue weighted by Gasteiger charge is -2.33. The highest BCUT2D eigenvalue weighted by molar-refractivity contribution is 5.81. The summed E-state index contributed by atoms with van der Waals surface area (Å²) in [5.41, 5.74) is 0. The molecule has 2 N–H and O–H groups in total. The second-order valence-corrected chi connectivity index (χ2v) is 5.39. The third-order valence-corrected chi connectivity index (χ3v) is 4.03. The molecule has 106 valence electrons. The zero-order valence-corrected chi connectivity index (χ0v) is 12.0. The van der Waals surface area contributed by atoms with Gasteiger partial charge in [0.1, 0.15) is 0 Å². The molecule has 1 aliphatic carbocycles. The van der Waals surface area contributed by atoms with Gasteiger partial charge in [0, 0.05) is 18.6 Å². The monoisotopic (exact) mass is 256 g/mol. The quantitative estimate of drug-likeness (QED) is 0.726. The molecule has 1 fully saturated rings. The van der Waals surface area contributed by atoms with Crippen LogP contribution in [0.1, 0.15) is 52.9 Å². The van der Waals surface area contributed by atoms with E-state index in [4.69, 9.17) is 0 Å². The molecule has 1 aliphatic rings. The predicted octanol–water partition coefficient (Wildman–Crippen LogP) is 1.53. The van der Waals surface area contributed by atoms with Crippen LogP contribution in [0.25, 0.3) is 0 Å². The first kappa shape index (κ1) is 15.4. The Balaban J connectivity index is 2.57. The Kier molecular flexibility index (Phi) is 6.65. The number of carbonyl (C=O) groups excluding carboxylic acids is 1. The molecule has 0 aromatic rings. The van der Waals surface area contributed by atoms with Crippen molar-refractivity contribution in [3.05, 3.63) is 0 Å². The third-order valence-electron chi connectivity index (χ3n) is 4.03. The van der Waals surface area contributed by atoms with E-state index in [9.17, 15) is 9.90 Å². The first-order valence-electron chi connectivity index (χ1n) is 7.27. The summed E-state index contributed by atoms with van der Waals surface area (Å²) in [4.78, 5) is 14.3. The number of amides is 1. The minimum absolute atomic E-state index is 0.0877. The van der Waals surface area contributed by atoms with Gasteiger partial charge in [-0.25, -0.2) is 0 Å². The first-order valence-corrected chi connectivity index (χ1v) is 7.27. The van der Waals surface area contributed by atoms with Crippen LogP contribution >= 0.6 is 0 Å². The van der Waals surface area contributed by atoms with Gasteiger partial charge in [0.2, 0.25) is 5.91 Å². The number of rotatable bonds is 7. The van der Waals surface area contributed by atoms with Crippen molar-refractivity contribution in [3.63, 3.8) is 0 Å². The van der Waals surface area contributed by atoms with Gasteiger partial charge >= 0.3 is 0 Å². The number of hydrogen-bond acceptors (Lipinski definition) is 3. The Morgan fingerprint density at radius 1 is 1.39 bits per heavy atom. The lowest BCUT2D eigenvalue weighted by Crippen LogP contribution is -2.51. The summed E-state index contributed by atoms with van der Waals surface area (Å²) < 4.78 is 0. The molecule has 0 aliphatic heterocycles. The van der Waals surface area contributed by atoms with E-state index in [0.717, 1.165) is 19.3 Å². The van der Waals surface area contributed by atoms with Crippen LogP contribution in [0.3, 0.4) is 0 Å². The summed E-state index contributed by atoms with van der Waals surface area (Å²) in [6.45, 7) is 6.76. The Labute approximate surface area is 111 Å². The number of aliphatic hydroxyl groups excluding tert-OH is 1. The molecule has 1 amide bonds. The molecule has 4 nitrogen and oxygen atoms in total. The molecule has 0 spiro atoms. The topological polar surface area (TPSA) is 52.6 Å². The number of hydrogen-bond donors (Lipinski definition) is 2. The van der Waals surface area contributed by atoms with E-state index in [1.165, 1.54) is 12.8 Å². The van der Waals surface area contributed by atoms with E-state index in [0.29, 0.717) is 12.6 Å². The maximum Gasteiger partial charge on any atom is 0.237 e. The molecular formula is C14H28N2O2. The van der Waals surface area contributed by atoms with E-state index >= 15 is 0 Å². The van der Waals surface area contributed by atoms with Crippen LogP contribution < -0.4 is 5.32 Å². The minimum Gasteiger partial charge on any atom is -0.395 e. The molecule has 0 bridgehead atoms. The highest BCUT2D eigenvalue weighted by Crippen LogP contribution is 2.24. The summed E-state index contributed by atoms with van der Waals surface area (Å²) >= 11 is 0. The molecule has 2 unspecified atom stereocenters. The van der Waals surface area contributed by atoms with Crippen LogP contribution in [0.5, 0.6) is 0 Å². The molecular weight excluding hydrogens is 228 g/mol. The first-order chi connectivity index (χ1) is 8.60. The van der Waals surface area contributed by atoms with Crippen molar-refractivity contribution in [3.8, 4) is 0 Å². The summed E-state index contributed by atoms with van der Waals surface area (Å²) in [6.07, 6.45) is 5.74. The van der Waals surface area contributed by atoms with E-state index in [1.54, 1.807) is 0 Å². The lowest BCUT2D eigenvalue weighted by molar-refractivity contribution is -0.127. The van der Waals surface area contributed by atoms with Crippen molar-refractivity contribution < 1.29 is 9.90 Å². The van der Waals surface area contributed by atoms with Crippen LogP contribution in [0.2, 0.25) is 0 Å². The fourth-order valence-corrected chi connectivity index (χ4v) is 2.66. The van der Waals surface area contributed by atoms with Gasteiger partial charge in [-0.3, -0.25) is 9.69 Å². The second-order valence-electron chi connectivity index (χ2n) is 5.39. The average molecular weight is 256 g/mol. The molecule has 0 aromatic carbocycles. The number of nitrogens with one attached hydrogen (secondary N) is 1. The number of carbonyl (C=O) groups is 1. The van der Waals surface area contributed by atoms with Gasteiger partial charge in [0.05, 0.1) is 12.6 Å². The van der Waals surface area contributed by atoms with Crippen LogP contribution in [0.15, 0.2) is 0 Å². The molecule has 18 heavy (non-hydrogen) atoms. The molecule has 4 heteroatoms. The van der Waals surface area contributed by atoms with E-state index < -0.39 is 0 Å². The van der Waals surface area contributed by atoms with Gasteiger partial charge in [-0.15, -0.1) is 0 Å². The van der Waals surface area contributed by atoms with Crippen LogP contribution in [-0.4, -0.2) is 47.2 Å². The van der Waals surface area contributed by atoms with Gasteiger partial charge in [0.25, 0.3) is 0 Å². The normalized spacial score (nSPS) is 20.1. The van der Waals surface area contributed by atoms with Crippen LogP contribution in [0, 0.1) is 0 Å². The number of nitrogens with zero attached hydrogens (tertiary/aromatic N) is 1. The average Bonchev–Trinajstić information content (AvgIpc) is 2.88. The van der Waals surface area contributed by atoms with Gasteiger partial charge in [-0.05, 0) is 33.1 Å². The highest BCUT2D eigenvalue weighted by atomic mass is 16.3. The third kappa shape index (κ3) is 4.25. The molecule has 0 aromatic heterocycles. The van der Waals surface area contributed by atoms with Crippen molar-refractivity contribution in [2.24, 2.45) is 0 Å². The Morgan fingerprint density at radius 2 is 2.00 bits per heavy atom. The maximum atomic E-state index is 12.2. The minimum atomic E-state index is -0.144.